The molecule has 0 bridgehead atoms. The maximum atomic E-state index is 8.76. The summed E-state index contributed by atoms with van der Waals surface area (Å²) in [5, 5.41) is 0. The first-order chi connectivity index (χ1) is 1.73. The van der Waals surface area contributed by atoms with E-state index in [1.807, 2.05) is 0 Å². The Hall–Kier alpha value is 0.159. The molecule has 0 saturated carbocycles. The first kappa shape index (κ1) is 16.4. The number of hydrogen-bond donors (Lipinski definition) is 2. The minimum absolute atomic E-state index is 0. The zero-order valence-corrected chi connectivity index (χ0v) is 4.42. The van der Waals surface area contributed by atoms with E-state index in [9.17, 15) is 0 Å². The molecule has 6 heteroatoms. The fourth-order valence-corrected chi connectivity index (χ4v) is 0. The predicted octanol–water partition coefficient (Wildman–Crippen LogP) is -3.26. The fourth-order valence-electron chi connectivity index (χ4n) is 0. The van der Waals surface area contributed by atoms with Crippen LogP contribution in [0.2, 0.25) is 0 Å². The van der Waals surface area contributed by atoms with Crippen molar-refractivity contribution in [3.05, 3.63) is 0 Å². The molecule has 0 aromatic carbocycles. The van der Waals surface area contributed by atoms with Gasteiger partial charge in [0.1, 0.15) is 0 Å². The summed E-state index contributed by atoms with van der Waals surface area (Å²) in [4.78, 5) is 0. The van der Waals surface area contributed by atoms with Gasteiger partial charge in [0.2, 0.25) is 0 Å². The molecule has 6 heavy (non-hydrogen) atoms. The quantitative estimate of drug-likeness (QED) is 0.366. The van der Waals surface area contributed by atoms with E-state index < -0.39 is 14.5 Å². The van der Waals surface area contributed by atoms with Gasteiger partial charge in [0.25, 0.3) is 0 Å². The molecule has 5 nitrogen and oxygen atoms in total. The van der Waals surface area contributed by atoms with Crippen LogP contribution < -0.4 is 0 Å². The first-order valence-corrected chi connectivity index (χ1v) is 2.76. The van der Waals surface area contributed by atoms with Crippen LogP contribution in [0.3, 0.4) is 0 Å². The Bertz CT molecular complexity index is 26.9. The van der Waals surface area contributed by atoms with Crippen molar-refractivity contribution in [3.63, 3.8) is 0 Å². The van der Waals surface area contributed by atoms with Gasteiger partial charge in [-0.15, -0.1) is 0 Å². The van der Waals surface area contributed by atoms with Crippen LogP contribution in [0.4, 0.5) is 0 Å². The molecule has 42 valence electrons. The summed E-state index contributed by atoms with van der Waals surface area (Å²) in [7, 11) is 0. The molecule has 0 fully saturated rings. The second-order valence-electron chi connectivity index (χ2n) is 0.231. The SMILES string of the molecule is O.O.O=[Se](O)O. The molecule has 0 aliphatic carbocycles. The fraction of sp³-hybridized carbons (Fsp3) is 0. The zero-order chi connectivity index (χ0) is 3.58. The Morgan fingerprint density at radius 2 is 1.17 bits per heavy atom. The molecule has 0 spiro atoms. The van der Waals surface area contributed by atoms with Crippen molar-refractivity contribution in [3.8, 4) is 0 Å². The molecule has 0 atom stereocenters. The van der Waals surface area contributed by atoms with Gasteiger partial charge < -0.3 is 11.0 Å². The van der Waals surface area contributed by atoms with Gasteiger partial charge in [-0.1, -0.05) is 0 Å². The van der Waals surface area contributed by atoms with Crippen molar-refractivity contribution in [1.29, 1.82) is 0 Å². The zero-order valence-electron chi connectivity index (χ0n) is 2.71. The second kappa shape index (κ2) is 8.94. The van der Waals surface area contributed by atoms with E-state index in [1.54, 1.807) is 0 Å². The van der Waals surface area contributed by atoms with Gasteiger partial charge in [-0.05, 0) is 0 Å². The van der Waals surface area contributed by atoms with Gasteiger partial charge in [0, 0.05) is 0 Å². The first-order valence-electron chi connectivity index (χ1n) is 0.532. The van der Waals surface area contributed by atoms with E-state index in [2.05, 4.69) is 0 Å². The summed E-state index contributed by atoms with van der Waals surface area (Å²) < 4.78 is 23.1. The van der Waals surface area contributed by atoms with E-state index in [-0.39, 0.29) is 11.0 Å². The average Bonchev–Trinajstić information content (AvgIpc) is 0.811. The third-order valence-electron chi connectivity index (χ3n) is 0. The Kier molecular flexibility index (Phi) is 24.5. The normalized spacial score (nSPS) is 5.83. The van der Waals surface area contributed by atoms with Crippen molar-refractivity contribution in [1.82, 2.24) is 0 Å². The van der Waals surface area contributed by atoms with E-state index in [0.717, 1.165) is 0 Å². The molecule has 0 amide bonds. The van der Waals surface area contributed by atoms with Crippen LogP contribution in [-0.2, 0) is 3.83 Å². The maximum absolute atomic E-state index is 8.76. The van der Waals surface area contributed by atoms with Crippen molar-refractivity contribution >= 4 is 14.5 Å². The van der Waals surface area contributed by atoms with Gasteiger partial charge in [-0.3, -0.25) is 0 Å². The number of rotatable bonds is 0. The summed E-state index contributed by atoms with van der Waals surface area (Å²) in [5.74, 6) is 0. The molecule has 0 aromatic rings. The Balaban J connectivity index is -0.0000000450. The summed E-state index contributed by atoms with van der Waals surface area (Å²) >= 11 is -3.29. The molecule has 0 aromatic heterocycles. The predicted molar refractivity (Wildman–Crippen MR) is 18.1 cm³/mol. The van der Waals surface area contributed by atoms with Crippen LogP contribution in [0.15, 0.2) is 0 Å². The van der Waals surface area contributed by atoms with E-state index >= 15 is 0 Å². The van der Waals surface area contributed by atoms with Gasteiger partial charge in [0.05, 0.1) is 0 Å². The van der Waals surface area contributed by atoms with E-state index in [4.69, 9.17) is 12.2 Å². The van der Waals surface area contributed by atoms with Crippen molar-refractivity contribution in [2.24, 2.45) is 0 Å². The van der Waals surface area contributed by atoms with Crippen LogP contribution >= 0.6 is 0 Å². The molecule has 0 unspecified atom stereocenters. The monoisotopic (exact) mass is 166 g/mol. The summed E-state index contributed by atoms with van der Waals surface area (Å²) in [5.41, 5.74) is 0. The number of hydrogen-bond acceptors (Lipinski definition) is 1. The van der Waals surface area contributed by atoms with E-state index in [1.165, 1.54) is 0 Å². The van der Waals surface area contributed by atoms with Crippen LogP contribution in [0.25, 0.3) is 0 Å². The molecular weight excluding hydrogens is 159 g/mol. The minimum atomic E-state index is -3.29. The molecule has 6 N–H and O–H groups in total. The Morgan fingerprint density at radius 3 is 1.17 bits per heavy atom. The third-order valence-corrected chi connectivity index (χ3v) is 0. The van der Waals surface area contributed by atoms with Crippen LogP contribution in [0.1, 0.15) is 0 Å². The summed E-state index contributed by atoms with van der Waals surface area (Å²) in [6.45, 7) is 0. The Morgan fingerprint density at radius 1 is 1.17 bits per heavy atom. The Labute approximate surface area is 38.6 Å². The van der Waals surface area contributed by atoms with Gasteiger partial charge in [0.15, 0.2) is 0 Å². The van der Waals surface area contributed by atoms with Gasteiger partial charge in [-0.25, -0.2) is 0 Å². The van der Waals surface area contributed by atoms with E-state index in [0.29, 0.717) is 0 Å². The standard InChI is InChI=1S/H2O3Se.2H2O/c1-4(2)3;;/h(H2,1,2,3);2*1H2. The van der Waals surface area contributed by atoms with Crippen LogP contribution in [0, 0.1) is 0 Å². The van der Waals surface area contributed by atoms with Gasteiger partial charge in [-0.2, -0.15) is 0 Å². The molecular formula is H6O5Se. The van der Waals surface area contributed by atoms with Crippen LogP contribution in [0.5, 0.6) is 0 Å². The van der Waals surface area contributed by atoms with Crippen LogP contribution in [-0.4, -0.2) is 33.8 Å². The van der Waals surface area contributed by atoms with Crippen molar-refractivity contribution < 1.29 is 23.2 Å². The summed E-state index contributed by atoms with van der Waals surface area (Å²) in [6.07, 6.45) is 0. The molecule has 0 aliphatic heterocycles. The van der Waals surface area contributed by atoms with Crippen molar-refractivity contribution in [2.75, 3.05) is 0 Å². The molecule has 0 radical (unpaired) electrons. The molecule has 0 aliphatic rings. The second-order valence-corrected chi connectivity index (χ2v) is 1.20. The summed E-state index contributed by atoms with van der Waals surface area (Å²) in [6, 6.07) is 0. The third kappa shape index (κ3) is 1630. The average molecular weight is 165 g/mol. The molecule has 0 rings (SSSR count). The van der Waals surface area contributed by atoms with Gasteiger partial charge >= 0.3 is 26.7 Å². The van der Waals surface area contributed by atoms with Crippen molar-refractivity contribution in [2.45, 2.75) is 0 Å². The molecule has 0 saturated heterocycles. The topological polar surface area (TPSA) is 121 Å². The molecule has 0 heterocycles.